The van der Waals surface area contributed by atoms with E-state index in [1.807, 2.05) is 0 Å². The van der Waals surface area contributed by atoms with Gasteiger partial charge < -0.3 is 4.74 Å². The predicted octanol–water partition coefficient (Wildman–Crippen LogP) is 2.66. The van der Waals surface area contributed by atoms with Gasteiger partial charge in [0.05, 0.1) is 0 Å². The van der Waals surface area contributed by atoms with Gasteiger partial charge in [-0.3, -0.25) is 4.90 Å². The minimum absolute atomic E-state index is 0.0199. The van der Waals surface area contributed by atoms with Crippen molar-refractivity contribution in [3.63, 3.8) is 0 Å². The second kappa shape index (κ2) is 5.65. The number of rotatable bonds is 5. The van der Waals surface area contributed by atoms with Crippen LogP contribution < -0.4 is 4.74 Å². The van der Waals surface area contributed by atoms with E-state index in [2.05, 4.69) is 4.90 Å². The highest BCUT2D eigenvalue weighted by Crippen LogP contribution is 2.20. The first-order valence-electron chi connectivity index (χ1n) is 5.58. The molecule has 2 rings (SSSR count). The van der Waals surface area contributed by atoms with Gasteiger partial charge in [-0.05, 0) is 13.0 Å². The van der Waals surface area contributed by atoms with Crippen LogP contribution in [0.15, 0.2) is 18.2 Å². The van der Waals surface area contributed by atoms with Crippen molar-refractivity contribution in [2.75, 3.05) is 25.5 Å². The van der Waals surface area contributed by atoms with E-state index >= 15 is 0 Å². The zero-order valence-corrected chi connectivity index (χ0v) is 10.1. The first-order valence-corrected chi connectivity index (χ1v) is 6.12. The van der Waals surface area contributed by atoms with Crippen LogP contribution in [0.3, 0.4) is 0 Å². The van der Waals surface area contributed by atoms with Crippen molar-refractivity contribution in [1.82, 2.24) is 4.90 Å². The molecule has 0 N–H and O–H groups in total. The summed E-state index contributed by atoms with van der Waals surface area (Å²) in [6.45, 7) is 2.52. The average Bonchev–Trinajstić information content (AvgIpc) is 2.19. The first-order chi connectivity index (χ1) is 8.17. The largest absolute Gasteiger partial charge is 0.488 e. The molecule has 1 aromatic carbocycles. The fourth-order valence-corrected chi connectivity index (χ4v) is 1.97. The Labute approximate surface area is 104 Å². The van der Waals surface area contributed by atoms with E-state index < -0.39 is 11.6 Å². The molecule has 5 heteroatoms. The number of halogens is 3. The Morgan fingerprint density at radius 3 is 2.47 bits per heavy atom. The van der Waals surface area contributed by atoms with E-state index in [4.69, 9.17) is 16.3 Å². The molecule has 1 aliphatic heterocycles. The van der Waals surface area contributed by atoms with Crippen LogP contribution >= 0.6 is 11.6 Å². The molecule has 17 heavy (non-hydrogen) atoms. The van der Waals surface area contributed by atoms with Gasteiger partial charge in [0.15, 0.2) is 0 Å². The van der Waals surface area contributed by atoms with Gasteiger partial charge in [0.2, 0.25) is 0 Å². The van der Waals surface area contributed by atoms with Crippen LogP contribution in [0.25, 0.3) is 0 Å². The van der Waals surface area contributed by atoms with Crippen LogP contribution in [0, 0.1) is 11.6 Å². The van der Waals surface area contributed by atoms with E-state index in [1.165, 1.54) is 12.1 Å². The lowest BCUT2D eigenvalue weighted by Crippen LogP contribution is -2.53. The minimum atomic E-state index is -0.613. The van der Waals surface area contributed by atoms with E-state index in [1.54, 1.807) is 0 Å². The monoisotopic (exact) mass is 261 g/mol. The van der Waals surface area contributed by atoms with Crippen LogP contribution in [-0.4, -0.2) is 36.5 Å². The summed E-state index contributed by atoms with van der Waals surface area (Å²) in [5.41, 5.74) is 0. The molecule has 0 bridgehead atoms. The quantitative estimate of drug-likeness (QED) is 0.756. The number of benzene rings is 1. The zero-order chi connectivity index (χ0) is 12.3. The molecular weight excluding hydrogens is 248 g/mol. The van der Waals surface area contributed by atoms with Crippen molar-refractivity contribution in [2.45, 2.75) is 12.5 Å². The lowest BCUT2D eigenvalue weighted by Gasteiger charge is -2.38. The Kier molecular flexibility index (Phi) is 4.18. The fraction of sp³-hybridized carbons (Fsp3) is 0.500. The summed E-state index contributed by atoms with van der Waals surface area (Å²) in [4.78, 5) is 2.20. The van der Waals surface area contributed by atoms with Crippen molar-refractivity contribution in [2.24, 2.45) is 0 Å². The van der Waals surface area contributed by atoms with Gasteiger partial charge in [0.25, 0.3) is 0 Å². The van der Waals surface area contributed by atoms with Gasteiger partial charge in [0.1, 0.15) is 23.5 Å². The lowest BCUT2D eigenvalue weighted by atomic mass is 10.1. The van der Waals surface area contributed by atoms with Crippen LogP contribution in [-0.2, 0) is 0 Å². The summed E-state index contributed by atoms with van der Waals surface area (Å²) in [6.07, 6.45) is 0.967. The normalized spacial score (nSPS) is 16.9. The molecule has 0 aromatic heterocycles. The fourth-order valence-electron chi connectivity index (χ4n) is 1.85. The highest BCUT2D eigenvalue weighted by molar-refractivity contribution is 6.17. The topological polar surface area (TPSA) is 12.5 Å². The molecule has 0 radical (unpaired) electrons. The highest BCUT2D eigenvalue weighted by Gasteiger charge is 2.27. The molecular formula is C12H14ClF2NO. The average molecular weight is 262 g/mol. The number of alkyl halides is 1. The molecule has 1 saturated heterocycles. The van der Waals surface area contributed by atoms with Crippen molar-refractivity contribution >= 4 is 11.6 Å². The predicted molar refractivity (Wildman–Crippen MR) is 62.6 cm³/mol. The number of hydrogen-bond acceptors (Lipinski definition) is 2. The number of likely N-dealkylation sites (tertiary alicyclic amines) is 1. The summed E-state index contributed by atoms with van der Waals surface area (Å²) in [7, 11) is 0. The van der Waals surface area contributed by atoms with Crippen molar-refractivity contribution < 1.29 is 13.5 Å². The maximum absolute atomic E-state index is 12.9. The SMILES string of the molecule is Fc1cc(F)cc(OC2CN(CCCCl)C2)c1. The van der Waals surface area contributed by atoms with Gasteiger partial charge in [0, 0.05) is 37.2 Å². The van der Waals surface area contributed by atoms with Gasteiger partial charge >= 0.3 is 0 Å². The summed E-state index contributed by atoms with van der Waals surface area (Å²) >= 11 is 5.59. The van der Waals surface area contributed by atoms with Crippen molar-refractivity contribution in [1.29, 1.82) is 0 Å². The second-order valence-electron chi connectivity index (χ2n) is 4.15. The molecule has 1 aliphatic rings. The Bertz CT molecular complexity index is 363. The Hall–Kier alpha value is -0.870. The first kappa shape index (κ1) is 12.6. The van der Waals surface area contributed by atoms with Crippen molar-refractivity contribution in [3.8, 4) is 5.75 Å². The third-order valence-corrected chi connectivity index (χ3v) is 2.94. The molecule has 0 unspecified atom stereocenters. The van der Waals surface area contributed by atoms with Crippen LogP contribution in [0.5, 0.6) is 5.75 Å². The second-order valence-corrected chi connectivity index (χ2v) is 4.53. The molecule has 0 atom stereocenters. The summed E-state index contributed by atoms with van der Waals surface area (Å²) < 4.78 is 31.3. The smallest absolute Gasteiger partial charge is 0.129 e. The maximum atomic E-state index is 12.9. The van der Waals surface area contributed by atoms with Crippen LogP contribution in [0.1, 0.15) is 6.42 Å². The molecule has 94 valence electrons. The molecule has 0 amide bonds. The summed E-state index contributed by atoms with van der Waals surface area (Å²) in [5.74, 6) is -0.321. The van der Waals surface area contributed by atoms with Crippen LogP contribution in [0.2, 0.25) is 0 Å². The molecule has 0 saturated carbocycles. The van der Waals surface area contributed by atoms with Gasteiger partial charge in [-0.15, -0.1) is 11.6 Å². The number of ether oxygens (including phenoxy) is 1. The van der Waals surface area contributed by atoms with Gasteiger partial charge in [-0.1, -0.05) is 0 Å². The van der Waals surface area contributed by atoms with E-state index in [9.17, 15) is 8.78 Å². The van der Waals surface area contributed by atoms with E-state index in [0.717, 1.165) is 32.1 Å². The molecule has 1 heterocycles. The number of hydrogen-bond donors (Lipinski definition) is 0. The summed E-state index contributed by atoms with van der Waals surface area (Å²) in [6, 6.07) is 3.23. The lowest BCUT2D eigenvalue weighted by molar-refractivity contribution is 0.0200. The van der Waals surface area contributed by atoms with E-state index in [0.29, 0.717) is 5.88 Å². The molecule has 0 aliphatic carbocycles. The zero-order valence-electron chi connectivity index (χ0n) is 9.33. The van der Waals surface area contributed by atoms with Gasteiger partial charge in [-0.25, -0.2) is 8.78 Å². The third-order valence-electron chi connectivity index (χ3n) is 2.67. The standard InChI is InChI=1S/C12H14ClF2NO/c13-2-1-3-16-7-12(8-16)17-11-5-9(14)4-10(15)6-11/h4-6,12H,1-3,7-8H2. The molecule has 1 fully saturated rings. The van der Waals surface area contributed by atoms with Gasteiger partial charge in [-0.2, -0.15) is 0 Å². The van der Waals surface area contributed by atoms with Crippen LogP contribution in [0.4, 0.5) is 8.78 Å². The maximum Gasteiger partial charge on any atom is 0.129 e. The van der Waals surface area contributed by atoms with E-state index in [-0.39, 0.29) is 11.9 Å². The Balaban J connectivity index is 1.79. The Morgan fingerprint density at radius 2 is 1.88 bits per heavy atom. The van der Waals surface area contributed by atoms with Crippen molar-refractivity contribution in [3.05, 3.63) is 29.8 Å². The Morgan fingerprint density at radius 1 is 1.24 bits per heavy atom. The molecule has 1 aromatic rings. The highest BCUT2D eigenvalue weighted by atomic mass is 35.5. The summed E-state index contributed by atoms with van der Waals surface area (Å²) in [5, 5.41) is 0. The number of nitrogens with zero attached hydrogens (tertiary/aromatic N) is 1. The minimum Gasteiger partial charge on any atom is -0.488 e. The molecule has 0 spiro atoms. The molecule has 2 nitrogen and oxygen atoms in total. The third kappa shape index (κ3) is 3.54.